The fourth-order valence-corrected chi connectivity index (χ4v) is 2.04. The normalized spacial score (nSPS) is 14.0. The van der Waals surface area contributed by atoms with Crippen LogP contribution in [0.25, 0.3) is 0 Å². The standard InChI is InChI=1S/C15H21N3O2/c16-14(19)11-18(10-13-4-2-1-3-5-13)15(20)9-17-8-12-6-7-12/h1-5,12,17H,6-11H2,(H2,16,19). The van der Waals surface area contributed by atoms with Gasteiger partial charge in [-0.25, -0.2) is 0 Å². The van der Waals surface area contributed by atoms with Gasteiger partial charge in [-0.2, -0.15) is 0 Å². The first-order chi connectivity index (χ1) is 9.65. The lowest BCUT2D eigenvalue weighted by atomic mass is 10.2. The Labute approximate surface area is 119 Å². The molecule has 0 bridgehead atoms. The van der Waals surface area contributed by atoms with E-state index in [9.17, 15) is 9.59 Å². The summed E-state index contributed by atoms with van der Waals surface area (Å²) in [5.74, 6) is 0.145. The number of nitrogens with two attached hydrogens (primary N) is 1. The van der Waals surface area contributed by atoms with E-state index in [1.807, 2.05) is 30.3 Å². The maximum absolute atomic E-state index is 12.1. The van der Waals surface area contributed by atoms with Gasteiger partial charge in [0, 0.05) is 6.54 Å². The van der Waals surface area contributed by atoms with Crippen LogP contribution in [0.3, 0.4) is 0 Å². The molecule has 0 aromatic heterocycles. The van der Waals surface area contributed by atoms with Gasteiger partial charge in [0.25, 0.3) is 0 Å². The van der Waals surface area contributed by atoms with Gasteiger partial charge in [-0.1, -0.05) is 30.3 Å². The molecule has 0 spiro atoms. The van der Waals surface area contributed by atoms with Crippen LogP contribution in [0, 0.1) is 5.92 Å². The summed E-state index contributed by atoms with van der Waals surface area (Å²) in [5, 5.41) is 3.14. The summed E-state index contributed by atoms with van der Waals surface area (Å²) in [6.07, 6.45) is 2.49. The first kappa shape index (κ1) is 14.5. The first-order valence-electron chi connectivity index (χ1n) is 6.96. The molecule has 5 heteroatoms. The molecule has 1 saturated carbocycles. The number of primary amides is 1. The molecule has 1 aliphatic carbocycles. The summed E-state index contributed by atoms with van der Waals surface area (Å²) >= 11 is 0. The van der Waals surface area contributed by atoms with E-state index in [0.717, 1.165) is 18.0 Å². The van der Waals surface area contributed by atoms with Crippen LogP contribution in [-0.4, -0.2) is 36.3 Å². The van der Waals surface area contributed by atoms with E-state index in [0.29, 0.717) is 6.54 Å². The van der Waals surface area contributed by atoms with Gasteiger partial charge in [-0.3, -0.25) is 9.59 Å². The molecule has 5 nitrogen and oxygen atoms in total. The molecule has 1 aliphatic rings. The molecule has 2 amide bonds. The van der Waals surface area contributed by atoms with Crippen LogP contribution < -0.4 is 11.1 Å². The van der Waals surface area contributed by atoms with E-state index in [-0.39, 0.29) is 19.0 Å². The first-order valence-corrected chi connectivity index (χ1v) is 6.96. The summed E-state index contributed by atoms with van der Waals surface area (Å²) in [6, 6.07) is 9.60. The van der Waals surface area contributed by atoms with E-state index in [1.165, 1.54) is 17.7 Å². The summed E-state index contributed by atoms with van der Waals surface area (Å²) in [4.78, 5) is 24.7. The number of nitrogens with one attached hydrogen (secondary N) is 1. The van der Waals surface area contributed by atoms with Crippen molar-refractivity contribution in [2.24, 2.45) is 11.7 Å². The van der Waals surface area contributed by atoms with E-state index >= 15 is 0 Å². The quantitative estimate of drug-likeness (QED) is 0.725. The lowest BCUT2D eigenvalue weighted by Crippen LogP contribution is -2.42. The van der Waals surface area contributed by atoms with Gasteiger partial charge in [0.05, 0.1) is 13.1 Å². The molecule has 3 N–H and O–H groups in total. The van der Waals surface area contributed by atoms with Crippen molar-refractivity contribution in [3.63, 3.8) is 0 Å². The second-order valence-electron chi connectivity index (χ2n) is 5.28. The number of hydrogen-bond donors (Lipinski definition) is 2. The Kier molecular flexibility index (Phi) is 5.12. The minimum absolute atomic E-state index is 0.0428. The Morgan fingerprint density at radius 2 is 1.95 bits per heavy atom. The highest BCUT2D eigenvalue weighted by Crippen LogP contribution is 2.27. The second kappa shape index (κ2) is 7.05. The minimum Gasteiger partial charge on any atom is -0.368 e. The van der Waals surface area contributed by atoms with Crippen LogP contribution in [0.2, 0.25) is 0 Å². The molecule has 1 aromatic rings. The van der Waals surface area contributed by atoms with Crippen molar-refractivity contribution in [1.82, 2.24) is 10.2 Å². The third-order valence-electron chi connectivity index (χ3n) is 3.32. The highest BCUT2D eigenvalue weighted by Gasteiger charge is 2.22. The lowest BCUT2D eigenvalue weighted by molar-refractivity contribution is -0.135. The van der Waals surface area contributed by atoms with E-state index in [2.05, 4.69) is 5.32 Å². The van der Waals surface area contributed by atoms with E-state index in [1.54, 1.807) is 0 Å². The van der Waals surface area contributed by atoms with Crippen LogP contribution in [0.15, 0.2) is 30.3 Å². The molecule has 1 aromatic carbocycles. The largest absolute Gasteiger partial charge is 0.368 e. The minimum atomic E-state index is -0.489. The van der Waals surface area contributed by atoms with Crippen LogP contribution in [0.1, 0.15) is 18.4 Å². The number of carbonyl (C=O) groups excluding carboxylic acids is 2. The molecule has 1 fully saturated rings. The third-order valence-corrected chi connectivity index (χ3v) is 3.32. The van der Waals surface area contributed by atoms with E-state index < -0.39 is 5.91 Å². The summed E-state index contributed by atoms with van der Waals surface area (Å²) in [6.45, 7) is 1.50. The van der Waals surface area contributed by atoms with Crippen molar-refractivity contribution in [1.29, 1.82) is 0 Å². The van der Waals surface area contributed by atoms with Gasteiger partial charge >= 0.3 is 0 Å². The van der Waals surface area contributed by atoms with Crippen molar-refractivity contribution in [3.8, 4) is 0 Å². The van der Waals surface area contributed by atoms with Crippen molar-refractivity contribution in [2.75, 3.05) is 19.6 Å². The Hall–Kier alpha value is -1.88. The van der Waals surface area contributed by atoms with E-state index in [4.69, 9.17) is 5.73 Å². The average Bonchev–Trinajstić information content (AvgIpc) is 3.23. The maximum Gasteiger partial charge on any atom is 0.237 e. The van der Waals surface area contributed by atoms with Gasteiger partial charge in [0.2, 0.25) is 11.8 Å². The smallest absolute Gasteiger partial charge is 0.237 e. The number of amides is 2. The number of benzene rings is 1. The zero-order valence-electron chi connectivity index (χ0n) is 11.5. The molecule has 0 radical (unpaired) electrons. The van der Waals surface area contributed by atoms with Crippen molar-refractivity contribution in [3.05, 3.63) is 35.9 Å². The van der Waals surface area contributed by atoms with Crippen molar-refractivity contribution < 1.29 is 9.59 Å². The zero-order valence-corrected chi connectivity index (χ0v) is 11.5. The fourth-order valence-electron chi connectivity index (χ4n) is 2.04. The Bertz CT molecular complexity index is 457. The Morgan fingerprint density at radius 1 is 1.25 bits per heavy atom. The lowest BCUT2D eigenvalue weighted by Gasteiger charge is -2.21. The van der Waals surface area contributed by atoms with Gasteiger partial charge < -0.3 is 16.0 Å². The molecule has 0 unspecified atom stereocenters. The van der Waals surface area contributed by atoms with Gasteiger partial charge in [0.15, 0.2) is 0 Å². The monoisotopic (exact) mass is 275 g/mol. The van der Waals surface area contributed by atoms with Crippen molar-refractivity contribution >= 4 is 11.8 Å². The van der Waals surface area contributed by atoms with Crippen LogP contribution in [0.4, 0.5) is 0 Å². The maximum atomic E-state index is 12.1. The average molecular weight is 275 g/mol. The van der Waals surface area contributed by atoms with Crippen LogP contribution >= 0.6 is 0 Å². The fraction of sp³-hybridized carbons (Fsp3) is 0.467. The third kappa shape index (κ3) is 5.01. The molecular formula is C15H21N3O2. The molecule has 2 rings (SSSR count). The number of hydrogen-bond acceptors (Lipinski definition) is 3. The highest BCUT2D eigenvalue weighted by molar-refractivity contribution is 5.84. The van der Waals surface area contributed by atoms with Crippen molar-refractivity contribution in [2.45, 2.75) is 19.4 Å². The molecule has 0 atom stereocenters. The predicted octanol–water partition coefficient (Wildman–Crippen LogP) is 0.500. The Balaban J connectivity index is 1.87. The number of rotatable bonds is 8. The predicted molar refractivity (Wildman–Crippen MR) is 76.6 cm³/mol. The summed E-state index contributed by atoms with van der Waals surface area (Å²) < 4.78 is 0. The number of nitrogens with zero attached hydrogens (tertiary/aromatic N) is 1. The molecule has 20 heavy (non-hydrogen) atoms. The van der Waals surface area contributed by atoms with Gasteiger partial charge in [0.1, 0.15) is 0 Å². The number of carbonyl (C=O) groups is 2. The molecule has 108 valence electrons. The second-order valence-corrected chi connectivity index (χ2v) is 5.28. The summed E-state index contributed by atoms with van der Waals surface area (Å²) in [7, 11) is 0. The molecule has 0 heterocycles. The molecule has 0 aliphatic heterocycles. The SMILES string of the molecule is NC(=O)CN(Cc1ccccc1)C(=O)CNCC1CC1. The zero-order chi connectivity index (χ0) is 14.4. The highest BCUT2D eigenvalue weighted by atomic mass is 16.2. The summed E-state index contributed by atoms with van der Waals surface area (Å²) in [5.41, 5.74) is 6.21. The molecule has 0 saturated heterocycles. The topological polar surface area (TPSA) is 75.4 Å². The van der Waals surface area contributed by atoms with Gasteiger partial charge in [-0.15, -0.1) is 0 Å². The van der Waals surface area contributed by atoms with Crippen LogP contribution in [-0.2, 0) is 16.1 Å². The Morgan fingerprint density at radius 3 is 2.55 bits per heavy atom. The van der Waals surface area contributed by atoms with Gasteiger partial charge in [-0.05, 0) is 30.9 Å². The molecular weight excluding hydrogens is 254 g/mol. The van der Waals surface area contributed by atoms with Crippen LogP contribution in [0.5, 0.6) is 0 Å².